The fourth-order valence-electron chi connectivity index (χ4n) is 1.61. The van der Waals surface area contributed by atoms with Crippen molar-refractivity contribution in [2.75, 3.05) is 0 Å². The maximum Gasteiger partial charge on any atom is 0.189 e. The molecule has 1 aromatic carbocycles. The molecule has 0 spiro atoms. The number of aromatic hydroxyl groups is 1. The summed E-state index contributed by atoms with van der Waals surface area (Å²) in [5, 5.41) is 13.3. The van der Waals surface area contributed by atoms with Gasteiger partial charge in [0.2, 0.25) is 0 Å². The van der Waals surface area contributed by atoms with Crippen LogP contribution in [0.25, 0.3) is 21.5 Å². The Bertz CT molecular complexity index is 598. The van der Waals surface area contributed by atoms with Crippen molar-refractivity contribution in [3.63, 3.8) is 0 Å². The fraction of sp³-hybridized carbons (Fsp3) is 0. The van der Waals surface area contributed by atoms with Crippen molar-refractivity contribution >= 4 is 22.2 Å². The van der Waals surface area contributed by atoms with Crippen molar-refractivity contribution < 1.29 is 5.11 Å². The van der Waals surface area contributed by atoms with E-state index in [1.165, 1.54) is 0 Å². The van der Waals surface area contributed by atoms with Gasteiger partial charge in [0.05, 0.1) is 0 Å². The molecule has 0 amide bonds. The van der Waals surface area contributed by atoms with E-state index in [2.05, 4.69) is 9.97 Å². The second-order valence-electron chi connectivity index (χ2n) is 3.29. The first-order valence-corrected chi connectivity index (χ1v) is 5.42. The Kier molecular flexibility index (Phi) is 1.76. The van der Waals surface area contributed by atoms with Gasteiger partial charge in [-0.05, 0) is 6.07 Å². The highest BCUT2D eigenvalue weighted by molar-refractivity contribution is 7.13. The van der Waals surface area contributed by atoms with Crippen LogP contribution in [0.3, 0.4) is 0 Å². The minimum atomic E-state index is 0.196. The molecule has 0 bridgehead atoms. The molecule has 0 aliphatic heterocycles. The summed E-state index contributed by atoms with van der Waals surface area (Å²) < 4.78 is 0. The molecule has 0 saturated carbocycles. The Balaban J connectivity index is 2.21. The van der Waals surface area contributed by atoms with Crippen LogP contribution in [0.15, 0.2) is 35.8 Å². The van der Waals surface area contributed by atoms with Crippen molar-refractivity contribution in [1.82, 2.24) is 9.97 Å². The molecule has 0 saturated heterocycles. The summed E-state index contributed by atoms with van der Waals surface area (Å²) >= 11 is 1.60. The number of benzene rings is 1. The van der Waals surface area contributed by atoms with Crippen LogP contribution >= 0.6 is 11.3 Å². The van der Waals surface area contributed by atoms with Gasteiger partial charge < -0.3 is 10.1 Å². The zero-order chi connectivity index (χ0) is 10.3. The number of H-pyrrole nitrogens is 1. The zero-order valence-corrected chi connectivity index (χ0v) is 8.58. The SMILES string of the molecule is Oc1cc2ccc(-c3nccs3)cc2[nH]1. The van der Waals surface area contributed by atoms with Gasteiger partial charge in [-0.25, -0.2) is 4.98 Å². The van der Waals surface area contributed by atoms with E-state index >= 15 is 0 Å². The first kappa shape index (κ1) is 8.49. The highest BCUT2D eigenvalue weighted by Crippen LogP contribution is 2.27. The minimum absolute atomic E-state index is 0.196. The third-order valence-electron chi connectivity index (χ3n) is 2.29. The van der Waals surface area contributed by atoms with E-state index in [1.807, 2.05) is 23.6 Å². The van der Waals surface area contributed by atoms with Crippen LogP contribution in [0.4, 0.5) is 0 Å². The highest BCUT2D eigenvalue weighted by atomic mass is 32.1. The standard InChI is InChI=1S/C11H8N2OS/c14-10-6-7-1-2-8(5-9(7)13-10)11-12-3-4-15-11/h1-6,13-14H. The molecule has 2 N–H and O–H groups in total. The van der Waals surface area contributed by atoms with Gasteiger partial charge in [-0.1, -0.05) is 12.1 Å². The molecule has 4 heteroatoms. The van der Waals surface area contributed by atoms with Crippen LogP contribution in [0, 0.1) is 0 Å². The van der Waals surface area contributed by atoms with E-state index in [0.29, 0.717) is 0 Å². The lowest BCUT2D eigenvalue weighted by molar-refractivity contribution is 0.458. The van der Waals surface area contributed by atoms with Crippen LogP contribution in [0.5, 0.6) is 5.88 Å². The Morgan fingerprint density at radius 3 is 3.00 bits per heavy atom. The summed E-state index contributed by atoms with van der Waals surface area (Å²) in [5.41, 5.74) is 2.00. The van der Waals surface area contributed by atoms with E-state index < -0.39 is 0 Å². The number of fused-ring (bicyclic) bond motifs is 1. The molecular weight excluding hydrogens is 208 g/mol. The van der Waals surface area contributed by atoms with Gasteiger partial charge in [-0.3, -0.25) is 0 Å². The third kappa shape index (κ3) is 1.39. The molecule has 0 unspecified atom stereocenters. The monoisotopic (exact) mass is 216 g/mol. The molecule has 0 aliphatic rings. The predicted molar refractivity (Wildman–Crippen MR) is 61.1 cm³/mol. The molecule has 3 aromatic rings. The summed E-state index contributed by atoms with van der Waals surface area (Å²) in [6.07, 6.45) is 1.79. The van der Waals surface area contributed by atoms with Crippen molar-refractivity contribution in [2.45, 2.75) is 0 Å². The van der Waals surface area contributed by atoms with Gasteiger partial charge in [-0.15, -0.1) is 11.3 Å². The lowest BCUT2D eigenvalue weighted by Crippen LogP contribution is -1.75. The van der Waals surface area contributed by atoms with Crippen LogP contribution in [0.1, 0.15) is 0 Å². The number of hydrogen-bond acceptors (Lipinski definition) is 3. The van der Waals surface area contributed by atoms with Gasteiger partial charge >= 0.3 is 0 Å². The van der Waals surface area contributed by atoms with E-state index in [9.17, 15) is 5.11 Å². The van der Waals surface area contributed by atoms with Crippen LogP contribution in [-0.2, 0) is 0 Å². The van der Waals surface area contributed by atoms with Gasteiger partial charge in [0, 0.05) is 34.1 Å². The van der Waals surface area contributed by atoms with Crippen LogP contribution < -0.4 is 0 Å². The number of hydrogen-bond donors (Lipinski definition) is 2. The second kappa shape index (κ2) is 3.10. The topological polar surface area (TPSA) is 48.9 Å². The predicted octanol–water partition coefficient (Wildman–Crippen LogP) is 3.00. The molecule has 0 atom stereocenters. The van der Waals surface area contributed by atoms with Gasteiger partial charge in [0.25, 0.3) is 0 Å². The normalized spacial score (nSPS) is 10.9. The highest BCUT2D eigenvalue weighted by Gasteiger charge is 2.03. The molecule has 74 valence electrons. The fourth-order valence-corrected chi connectivity index (χ4v) is 2.25. The maximum atomic E-state index is 9.31. The third-order valence-corrected chi connectivity index (χ3v) is 3.11. The van der Waals surface area contributed by atoms with E-state index in [0.717, 1.165) is 21.5 Å². The Hall–Kier alpha value is -1.81. The van der Waals surface area contributed by atoms with Crippen molar-refractivity contribution in [3.8, 4) is 16.5 Å². The first-order valence-electron chi connectivity index (χ1n) is 4.54. The largest absolute Gasteiger partial charge is 0.495 e. The summed E-state index contributed by atoms with van der Waals surface area (Å²) in [6.45, 7) is 0. The van der Waals surface area contributed by atoms with Gasteiger partial charge in [-0.2, -0.15) is 0 Å². The van der Waals surface area contributed by atoms with Crippen molar-refractivity contribution in [1.29, 1.82) is 0 Å². The number of aromatic amines is 1. The Labute approximate surface area is 90.0 Å². The van der Waals surface area contributed by atoms with Gasteiger partial charge in [0.1, 0.15) is 5.01 Å². The molecule has 2 heterocycles. The lowest BCUT2D eigenvalue weighted by atomic mass is 10.2. The number of nitrogens with one attached hydrogen (secondary N) is 1. The molecule has 2 aromatic heterocycles. The Morgan fingerprint density at radius 1 is 1.27 bits per heavy atom. The summed E-state index contributed by atoms with van der Waals surface area (Å²) in [4.78, 5) is 7.14. The maximum absolute atomic E-state index is 9.31. The first-order chi connectivity index (χ1) is 7.33. The average Bonchev–Trinajstić information content (AvgIpc) is 2.82. The zero-order valence-electron chi connectivity index (χ0n) is 7.77. The minimum Gasteiger partial charge on any atom is -0.495 e. The Morgan fingerprint density at radius 2 is 2.20 bits per heavy atom. The number of nitrogens with zero attached hydrogens (tertiary/aromatic N) is 1. The van der Waals surface area contributed by atoms with Crippen LogP contribution in [0.2, 0.25) is 0 Å². The van der Waals surface area contributed by atoms with Crippen LogP contribution in [-0.4, -0.2) is 15.1 Å². The summed E-state index contributed by atoms with van der Waals surface area (Å²) in [5.74, 6) is 0.196. The molecule has 0 fully saturated rings. The number of rotatable bonds is 1. The van der Waals surface area contributed by atoms with E-state index in [1.54, 1.807) is 23.6 Å². The van der Waals surface area contributed by atoms with E-state index in [-0.39, 0.29) is 5.88 Å². The van der Waals surface area contributed by atoms with E-state index in [4.69, 9.17) is 0 Å². The number of thiazole rings is 1. The summed E-state index contributed by atoms with van der Waals surface area (Å²) in [6, 6.07) is 7.69. The molecule has 0 radical (unpaired) electrons. The molecule has 3 nitrogen and oxygen atoms in total. The quantitative estimate of drug-likeness (QED) is 0.657. The smallest absolute Gasteiger partial charge is 0.189 e. The molecule has 15 heavy (non-hydrogen) atoms. The van der Waals surface area contributed by atoms with Crippen molar-refractivity contribution in [3.05, 3.63) is 35.8 Å². The molecule has 3 rings (SSSR count). The molecular formula is C11H8N2OS. The average molecular weight is 216 g/mol. The summed E-state index contributed by atoms with van der Waals surface area (Å²) in [7, 11) is 0. The lowest BCUT2D eigenvalue weighted by Gasteiger charge is -1.95. The van der Waals surface area contributed by atoms with Gasteiger partial charge in [0.15, 0.2) is 5.88 Å². The molecule has 0 aliphatic carbocycles. The second-order valence-corrected chi connectivity index (χ2v) is 4.19. The van der Waals surface area contributed by atoms with Crippen molar-refractivity contribution in [2.24, 2.45) is 0 Å². The number of aromatic nitrogens is 2.